The Morgan fingerprint density at radius 1 is 0.905 bits per heavy atom. The van der Waals surface area contributed by atoms with Crippen LogP contribution in [0.2, 0.25) is 0 Å². The van der Waals surface area contributed by atoms with E-state index >= 15 is 0 Å². The first-order chi connectivity index (χ1) is 10.2. The van der Waals surface area contributed by atoms with Crippen molar-refractivity contribution >= 4 is 11.8 Å². The third kappa shape index (κ3) is 2.00. The number of rotatable bonds is 1. The molecular formula is C16H25N3O2. The predicted molar refractivity (Wildman–Crippen MR) is 78.7 cm³/mol. The molecule has 4 fully saturated rings. The fourth-order valence-corrected chi connectivity index (χ4v) is 4.96. The number of piperazine rings is 1. The first kappa shape index (κ1) is 13.6. The summed E-state index contributed by atoms with van der Waals surface area (Å²) in [5.74, 6) is 0.391. The highest BCUT2D eigenvalue weighted by molar-refractivity contribution is 5.97. The summed E-state index contributed by atoms with van der Waals surface area (Å²) in [4.78, 5) is 31.8. The summed E-state index contributed by atoms with van der Waals surface area (Å²) in [5.41, 5.74) is 0. The van der Waals surface area contributed by atoms with E-state index in [1.54, 1.807) is 0 Å². The van der Waals surface area contributed by atoms with Gasteiger partial charge < -0.3 is 14.7 Å². The normalized spacial score (nSPS) is 40.6. The van der Waals surface area contributed by atoms with Crippen molar-refractivity contribution in [1.82, 2.24) is 14.7 Å². The lowest BCUT2D eigenvalue weighted by Gasteiger charge is -2.48. The summed E-state index contributed by atoms with van der Waals surface area (Å²) in [7, 11) is 0. The van der Waals surface area contributed by atoms with Gasteiger partial charge >= 0.3 is 0 Å². The molecule has 5 heteroatoms. The smallest absolute Gasteiger partial charge is 0.246 e. The van der Waals surface area contributed by atoms with Gasteiger partial charge in [0.1, 0.15) is 12.1 Å². The van der Waals surface area contributed by atoms with E-state index < -0.39 is 0 Å². The number of nitrogens with zero attached hydrogens (tertiary/aromatic N) is 3. The van der Waals surface area contributed by atoms with Crippen molar-refractivity contribution in [2.75, 3.05) is 19.6 Å². The van der Waals surface area contributed by atoms with Crippen molar-refractivity contribution in [3.8, 4) is 0 Å². The van der Waals surface area contributed by atoms with Gasteiger partial charge in [-0.2, -0.15) is 0 Å². The van der Waals surface area contributed by atoms with Crippen molar-refractivity contribution in [3.05, 3.63) is 0 Å². The van der Waals surface area contributed by atoms with Crippen molar-refractivity contribution in [1.29, 1.82) is 0 Å². The molecule has 4 atom stereocenters. The molecule has 2 amide bonds. The van der Waals surface area contributed by atoms with Crippen LogP contribution in [0.1, 0.15) is 45.4 Å². The average molecular weight is 291 g/mol. The molecule has 4 aliphatic rings. The molecule has 4 aliphatic heterocycles. The highest BCUT2D eigenvalue weighted by Crippen LogP contribution is 2.34. The molecule has 4 rings (SSSR count). The second-order valence-corrected chi connectivity index (χ2v) is 7.12. The lowest BCUT2D eigenvalue weighted by Crippen LogP contribution is -2.65. The number of hydrogen-bond donors (Lipinski definition) is 0. The van der Waals surface area contributed by atoms with Gasteiger partial charge in [-0.1, -0.05) is 0 Å². The Balaban J connectivity index is 1.55. The molecule has 0 N–H and O–H groups in total. The highest BCUT2D eigenvalue weighted by Gasteiger charge is 2.49. The van der Waals surface area contributed by atoms with Gasteiger partial charge in [0.15, 0.2) is 0 Å². The minimum absolute atomic E-state index is 0.157. The van der Waals surface area contributed by atoms with E-state index in [-0.39, 0.29) is 29.9 Å². The van der Waals surface area contributed by atoms with Gasteiger partial charge in [-0.15, -0.1) is 0 Å². The van der Waals surface area contributed by atoms with Crippen LogP contribution in [0.3, 0.4) is 0 Å². The van der Waals surface area contributed by atoms with Crippen LogP contribution in [0, 0.1) is 0 Å². The summed E-state index contributed by atoms with van der Waals surface area (Å²) in [5, 5.41) is 0. The van der Waals surface area contributed by atoms with Crippen LogP contribution in [0.25, 0.3) is 0 Å². The Bertz CT molecular complexity index is 466. The van der Waals surface area contributed by atoms with Gasteiger partial charge in [0.05, 0.1) is 0 Å². The Hall–Kier alpha value is -1.10. The summed E-state index contributed by atoms with van der Waals surface area (Å²) >= 11 is 0. The van der Waals surface area contributed by atoms with Gasteiger partial charge in [-0.3, -0.25) is 9.59 Å². The minimum Gasteiger partial charge on any atom is -0.329 e. The van der Waals surface area contributed by atoms with Crippen LogP contribution >= 0.6 is 0 Å². The molecule has 5 nitrogen and oxygen atoms in total. The van der Waals surface area contributed by atoms with Crippen LogP contribution in [0.5, 0.6) is 0 Å². The van der Waals surface area contributed by atoms with E-state index in [2.05, 4.69) is 4.90 Å². The number of carbonyl (C=O) groups is 2. The first-order valence-corrected chi connectivity index (χ1v) is 8.53. The summed E-state index contributed by atoms with van der Waals surface area (Å²) in [6, 6.07) is 0.499. The van der Waals surface area contributed by atoms with Crippen LogP contribution in [-0.2, 0) is 9.59 Å². The summed E-state index contributed by atoms with van der Waals surface area (Å²) < 4.78 is 0. The third-order valence-electron chi connectivity index (χ3n) is 6.04. The second-order valence-electron chi connectivity index (χ2n) is 7.12. The molecule has 0 aliphatic carbocycles. The SMILES string of the molecule is CC1C(=O)N2CCCC2C(=O)N1C1CCN2CCCC2C1. The Kier molecular flexibility index (Phi) is 3.21. The van der Waals surface area contributed by atoms with Gasteiger partial charge in [-0.25, -0.2) is 0 Å². The number of carbonyl (C=O) groups excluding carboxylic acids is 2. The van der Waals surface area contributed by atoms with E-state index in [0.717, 1.165) is 38.8 Å². The minimum atomic E-state index is -0.259. The zero-order chi connectivity index (χ0) is 14.6. The molecule has 0 aromatic heterocycles. The maximum absolute atomic E-state index is 12.9. The van der Waals surface area contributed by atoms with Crippen LogP contribution < -0.4 is 0 Å². The highest BCUT2D eigenvalue weighted by atomic mass is 16.2. The Morgan fingerprint density at radius 2 is 1.71 bits per heavy atom. The fourth-order valence-electron chi connectivity index (χ4n) is 4.96. The molecule has 0 radical (unpaired) electrons. The summed E-state index contributed by atoms with van der Waals surface area (Å²) in [6.07, 6.45) is 6.48. The predicted octanol–water partition coefficient (Wildman–Crippen LogP) is 0.835. The number of hydrogen-bond acceptors (Lipinski definition) is 3. The number of fused-ring (bicyclic) bond motifs is 2. The monoisotopic (exact) mass is 291 g/mol. The van der Waals surface area contributed by atoms with Crippen LogP contribution in [0.4, 0.5) is 0 Å². The van der Waals surface area contributed by atoms with Crippen molar-refractivity contribution in [2.24, 2.45) is 0 Å². The zero-order valence-electron chi connectivity index (χ0n) is 12.8. The maximum atomic E-state index is 12.9. The quantitative estimate of drug-likeness (QED) is 0.719. The number of piperidine rings is 1. The average Bonchev–Trinajstić information content (AvgIpc) is 3.13. The third-order valence-corrected chi connectivity index (χ3v) is 6.04. The second kappa shape index (κ2) is 4.97. The standard InChI is InChI=1S/C16H25N3O2/c1-11-15(20)18-8-3-5-14(18)16(21)19(11)13-6-9-17-7-2-4-12(17)10-13/h11-14H,2-10H2,1H3. The largest absolute Gasteiger partial charge is 0.329 e. The Labute approximate surface area is 126 Å². The van der Waals surface area contributed by atoms with E-state index in [1.165, 1.54) is 19.4 Å². The molecular weight excluding hydrogens is 266 g/mol. The van der Waals surface area contributed by atoms with Gasteiger partial charge in [0.25, 0.3) is 0 Å². The zero-order valence-corrected chi connectivity index (χ0v) is 12.8. The van der Waals surface area contributed by atoms with E-state index in [0.29, 0.717) is 6.04 Å². The lowest BCUT2D eigenvalue weighted by atomic mass is 9.92. The first-order valence-electron chi connectivity index (χ1n) is 8.53. The van der Waals surface area contributed by atoms with E-state index in [4.69, 9.17) is 0 Å². The molecule has 0 bridgehead atoms. The summed E-state index contributed by atoms with van der Waals surface area (Å²) in [6.45, 7) is 5.01. The lowest BCUT2D eigenvalue weighted by molar-refractivity contribution is -0.162. The van der Waals surface area contributed by atoms with Crippen molar-refractivity contribution in [3.63, 3.8) is 0 Å². The fraction of sp³-hybridized carbons (Fsp3) is 0.875. The molecule has 4 unspecified atom stereocenters. The van der Waals surface area contributed by atoms with Crippen LogP contribution in [0.15, 0.2) is 0 Å². The van der Waals surface area contributed by atoms with Gasteiger partial charge in [0, 0.05) is 25.2 Å². The Morgan fingerprint density at radius 3 is 2.57 bits per heavy atom. The van der Waals surface area contributed by atoms with Gasteiger partial charge in [0.2, 0.25) is 11.8 Å². The molecule has 0 aromatic carbocycles. The molecule has 0 saturated carbocycles. The topological polar surface area (TPSA) is 43.9 Å². The molecule has 116 valence electrons. The van der Waals surface area contributed by atoms with Crippen molar-refractivity contribution < 1.29 is 9.59 Å². The molecule has 21 heavy (non-hydrogen) atoms. The van der Waals surface area contributed by atoms with Crippen molar-refractivity contribution in [2.45, 2.75) is 69.6 Å². The molecule has 4 saturated heterocycles. The maximum Gasteiger partial charge on any atom is 0.246 e. The molecule has 0 aromatic rings. The molecule has 0 spiro atoms. The van der Waals surface area contributed by atoms with Crippen LogP contribution in [-0.4, -0.2) is 70.3 Å². The number of amides is 2. The van der Waals surface area contributed by atoms with Gasteiger partial charge in [-0.05, 0) is 52.0 Å². The molecule has 4 heterocycles. The van der Waals surface area contributed by atoms with E-state index in [9.17, 15) is 9.59 Å². The van der Waals surface area contributed by atoms with E-state index in [1.807, 2.05) is 16.7 Å².